The number of hydrogen-bond acceptors (Lipinski definition) is 5. The maximum Gasteiger partial charge on any atom is 0.221 e. The molecule has 0 radical (unpaired) electrons. The number of hydrogen-bond donors (Lipinski definition) is 2. The normalized spacial score (nSPS) is 9.94. The van der Waals surface area contributed by atoms with Gasteiger partial charge in [0.1, 0.15) is 6.61 Å². The topological polar surface area (TPSA) is 89.6 Å². The minimum absolute atomic E-state index is 0.403. The van der Waals surface area contributed by atoms with Crippen LogP contribution in [0.5, 0.6) is 0 Å². The Kier molecular flexibility index (Phi) is 9.35. The molecule has 1 rings (SSSR count). The van der Waals surface area contributed by atoms with Crippen molar-refractivity contribution in [1.29, 1.82) is 0 Å². The molecule has 0 atom stereocenters. The Morgan fingerprint density at radius 1 is 1.71 bits per heavy atom. The number of nitrogens with two attached hydrogens (primary N) is 1. The summed E-state index contributed by atoms with van der Waals surface area (Å²) in [5, 5.41) is 3.93. The van der Waals surface area contributed by atoms with E-state index < -0.39 is 0 Å². The number of hydrazine groups is 1. The first-order valence-electron chi connectivity index (χ1n) is 5.18. The van der Waals surface area contributed by atoms with Crippen LogP contribution in [0.2, 0.25) is 0 Å². The zero-order chi connectivity index (χ0) is 12.9. The fourth-order valence-corrected chi connectivity index (χ4v) is 0.765. The van der Waals surface area contributed by atoms with Gasteiger partial charge in [0.15, 0.2) is 0 Å². The van der Waals surface area contributed by atoms with Crippen LogP contribution in [-0.2, 0) is 16.2 Å². The lowest BCUT2D eigenvalue weighted by molar-refractivity contribution is -0.109. The Morgan fingerprint density at radius 2 is 2.41 bits per heavy atom. The van der Waals surface area contributed by atoms with Crippen LogP contribution in [0.3, 0.4) is 0 Å². The van der Waals surface area contributed by atoms with E-state index in [1.165, 1.54) is 0 Å². The van der Waals surface area contributed by atoms with Crippen molar-refractivity contribution in [2.24, 2.45) is 11.0 Å². The largest absolute Gasteiger partial charge is 0.391 e. The second-order valence-corrected chi connectivity index (χ2v) is 3.10. The van der Waals surface area contributed by atoms with Gasteiger partial charge in [-0.3, -0.25) is 15.2 Å². The van der Waals surface area contributed by atoms with Gasteiger partial charge >= 0.3 is 0 Å². The molecule has 3 N–H and O–H groups in total. The molecular weight excluding hydrogens is 220 g/mol. The van der Waals surface area contributed by atoms with Gasteiger partial charge in [-0.05, 0) is 19.4 Å². The third kappa shape index (κ3) is 9.01. The van der Waals surface area contributed by atoms with Crippen LogP contribution in [0, 0.1) is 0 Å². The summed E-state index contributed by atoms with van der Waals surface area (Å²) in [4.78, 5) is 18.0. The van der Waals surface area contributed by atoms with E-state index in [0.29, 0.717) is 13.0 Å². The summed E-state index contributed by atoms with van der Waals surface area (Å²) in [7, 11) is 0. The average molecular weight is 238 g/mol. The zero-order valence-corrected chi connectivity index (χ0v) is 10.1. The Hall–Kier alpha value is -1.95. The quantitative estimate of drug-likeness (QED) is 0.263. The molecule has 0 unspecified atom stereocenters. The highest BCUT2D eigenvalue weighted by Crippen LogP contribution is 1.98. The molecule has 0 aromatic carbocycles. The van der Waals surface area contributed by atoms with Crippen molar-refractivity contribution in [3.05, 3.63) is 30.1 Å². The van der Waals surface area contributed by atoms with Gasteiger partial charge in [0.25, 0.3) is 0 Å². The van der Waals surface area contributed by atoms with Crippen LogP contribution < -0.4 is 11.3 Å². The number of carbonyl (C=O) groups excluding carboxylic acids is 1. The molecule has 0 bridgehead atoms. The SMILES string of the molecule is CC/C(C)=N/OCc1cccnc1.NNC=O. The van der Waals surface area contributed by atoms with E-state index >= 15 is 0 Å². The Labute approximate surface area is 101 Å². The van der Waals surface area contributed by atoms with Gasteiger partial charge in [-0.1, -0.05) is 18.1 Å². The lowest BCUT2D eigenvalue weighted by Crippen LogP contribution is -2.18. The minimum Gasteiger partial charge on any atom is -0.391 e. The Morgan fingerprint density at radius 3 is 2.88 bits per heavy atom. The van der Waals surface area contributed by atoms with Crippen molar-refractivity contribution in [3.63, 3.8) is 0 Å². The van der Waals surface area contributed by atoms with Gasteiger partial charge in [-0.15, -0.1) is 0 Å². The van der Waals surface area contributed by atoms with Crippen molar-refractivity contribution in [3.8, 4) is 0 Å². The van der Waals surface area contributed by atoms with Gasteiger partial charge < -0.3 is 4.84 Å². The van der Waals surface area contributed by atoms with Crippen LogP contribution in [0.1, 0.15) is 25.8 Å². The summed E-state index contributed by atoms with van der Waals surface area (Å²) in [6.07, 6.45) is 4.84. The fourth-order valence-electron chi connectivity index (χ4n) is 0.765. The molecule has 0 fully saturated rings. The summed E-state index contributed by atoms with van der Waals surface area (Å²) in [6, 6.07) is 3.85. The van der Waals surface area contributed by atoms with E-state index in [0.717, 1.165) is 17.7 Å². The lowest BCUT2D eigenvalue weighted by atomic mass is 10.3. The van der Waals surface area contributed by atoms with Crippen molar-refractivity contribution in [1.82, 2.24) is 10.4 Å². The van der Waals surface area contributed by atoms with Crippen LogP contribution in [0.25, 0.3) is 0 Å². The molecular formula is C11H18N4O2. The molecule has 1 heterocycles. The molecule has 1 aromatic rings. The maximum atomic E-state index is 8.94. The molecule has 0 aliphatic carbocycles. The molecule has 0 saturated carbocycles. The number of carbonyl (C=O) groups is 1. The summed E-state index contributed by atoms with van der Waals surface area (Å²) in [5.41, 5.74) is 3.79. The van der Waals surface area contributed by atoms with Gasteiger partial charge in [0.05, 0.1) is 5.71 Å². The monoisotopic (exact) mass is 238 g/mol. The molecule has 6 heteroatoms. The average Bonchev–Trinajstić information content (AvgIpc) is 2.40. The van der Waals surface area contributed by atoms with Crippen LogP contribution >= 0.6 is 0 Å². The second kappa shape index (κ2) is 10.6. The standard InChI is InChI=1S/C10H14N2O.CH4N2O/c1-3-9(2)12-13-8-10-5-4-6-11-7-10;2-3-1-4/h4-7H,3,8H2,1-2H3;1H,2H2,(H,3,4)/b12-9+;. The van der Waals surface area contributed by atoms with E-state index in [1.54, 1.807) is 17.8 Å². The maximum absolute atomic E-state index is 8.94. The number of rotatable bonds is 5. The van der Waals surface area contributed by atoms with Crippen LogP contribution in [-0.4, -0.2) is 17.1 Å². The van der Waals surface area contributed by atoms with Gasteiger partial charge in [-0.25, -0.2) is 5.84 Å². The van der Waals surface area contributed by atoms with E-state index in [-0.39, 0.29) is 0 Å². The van der Waals surface area contributed by atoms with Crippen LogP contribution in [0.15, 0.2) is 29.7 Å². The first kappa shape index (κ1) is 15.0. The number of nitrogens with zero attached hydrogens (tertiary/aromatic N) is 2. The molecule has 1 amide bonds. The molecule has 94 valence electrons. The third-order valence-electron chi connectivity index (χ3n) is 1.75. The van der Waals surface area contributed by atoms with E-state index in [2.05, 4.69) is 16.0 Å². The molecule has 1 aromatic heterocycles. The number of amides is 1. The van der Waals surface area contributed by atoms with Crippen molar-refractivity contribution < 1.29 is 9.63 Å². The molecule has 17 heavy (non-hydrogen) atoms. The predicted molar refractivity (Wildman–Crippen MR) is 65.8 cm³/mol. The number of nitrogens with one attached hydrogen (secondary N) is 1. The van der Waals surface area contributed by atoms with Gasteiger partial charge in [0, 0.05) is 18.0 Å². The number of oxime groups is 1. The van der Waals surface area contributed by atoms with Gasteiger partial charge in [0.2, 0.25) is 6.41 Å². The highest BCUT2D eigenvalue weighted by molar-refractivity contribution is 5.80. The Bertz CT molecular complexity index is 328. The van der Waals surface area contributed by atoms with Crippen molar-refractivity contribution in [2.75, 3.05) is 0 Å². The first-order chi connectivity index (χ1) is 8.24. The van der Waals surface area contributed by atoms with E-state index in [4.69, 9.17) is 9.63 Å². The van der Waals surface area contributed by atoms with Crippen LogP contribution in [0.4, 0.5) is 0 Å². The van der Waals surface area contributed by atoms with E-state index in [9.17, 15) is 0 Å². The molecule has 0 aliphatic heterocycles. The smallest absolute Gasteiger partial charge is 0.221 e. The first-order valence-corrected chi connectivity index (χ1v) is 5.18. The molecule has 0 saturated heterocycles. The highest BCUT2D eigenvalue weighted by atomic mass is 16.6. The third-order valence-corrected chi connectivity index (χ3v) is 1.75. The van der Waals surface area contributed by atoms with Crippen molar-refractivity contribution in [2.45, 2.75) is 26.9 Å². The summed E-state index contributed by atoms with van der Waals surface area (Å²) in [5.74, 6) is 4.41. The Balaban J connectivity index is 0.000000557. The van der Waals surface area contributed by atoms with Gasteiger partial charge in [-0.2, -0.15) is 0 Å². The van der Waals surface area contributed by atoms with Crippen molar-refractivity contribution >= 4 is 12.1 Å². The fraction of sp³-hybridized carbons (Fsp3) is 0.364. The lowest BCUT2D eigenvalue weighted by Gasteiger charge is -1.99. The number of pyridine rings is 1. The minimum atomic E-state index is 0.403. The summed E-state index contributed by atoms with van der Waals surface area (Å²) < 4.78 is 0. The number of aromatic nitrogens is 1. The second-order valence-electron chi connectivity index (χ2n) is 3.10. The molecule has 0 spiro atoms. The van der Waals surface area contributed by atoms with E-state index in [1.807, 2.05) is 26.0 Å². The molecule has 0 aliphatic rings. The highest BCUT2D eigenvalue weighted by Gasteiger charge is 1.91. The molecule has 6 nitrogen and oxygen atoms in total. The zero-order valence-electron chi connectivity index (χ0n) is 10.1. The summed E-state index contributed by atoms with van der Waals surface area (Å²) in [6.45, 7) is 4.49. The summed E-state index contributed by atoms with van der Waals surface area (Å²) >= 11 is 0. The predicted octanol–water partition coefficient (Wildman–Crippen LogP) is 0.990.